The Hall–Kier alpha value is -4.72. The zero-order valence-electron chi connectivity index (χ0n) is 22.5. The summed E-state index contributed by atoms with van der Waals surface area (Å²) in [4.78, 5) is 41.3. The lowest BCUT2D eigenvalue weighted by molar-refractivity contribution is -0.596. The molecule has 1 aliphatic rings. The first kappa shape index (κ1) is 29.3. The summed E-state index contributed by atoms with van der Waals surface area (Å²) in [6.45, 7) is 2.11. The zero-order chi connectivity index (χ0) is 29.7. The maximum absolute atomic E-state index is 15.6. The first-order valence-electron chi connectivity index (χ1n) is 13.1. The normalized spacial score (nSPS) is 12.7. The van der Waals surface area contributed by atoms with Crippen molar-refractivity contribution >= 4 is 28.7 Å². The van der Waals surface area contributed by atoms with Crippen LogP contribution in [-0.4, -0.2) is 60.8 Å². The fourth-order valence-electron chi connectivity index (χ4n) is 4.58. The van der Waals surface area contributed by atoms with Gasteiger partial charge in [0.05, 0.1) is 18.0 Å². The number of carbonyl (C=O) groups excluding carboxylic acids is 1. The molecule has 13 nitrogen and oxygen atoms in total. The number of methoxy groups -OCH3 is 1. The Bertz CT molecular complexity index is 1560. The Labute approximate surface area is 234 Å². The minimum atomic E-state index is -1.43. The molecule has 3 aromatic rings. The van der Waals surface area contributed by atoms with E-state index < -0.39 is 28.7 Å². The first-order chi connectivity index (χ1) is 19.6. The molecule has 1 amide bonds. The molecule has 1 saturated carbocycles. The monoisotopic (exact) mass is 569 g/mol. The van der Waals surface area contributed by atoms with Crippen molar-refractivity contribution < 1.29 is 28.6 Å². The van der Waals surface area contributed by atoms with E-state index in [0.717, 1.165) is 25.3 Å². The molecule has 0 unspecified atom stereocenters. The lowest BCUT2D eigenvalue weighted by atomic mass is 10.0. The Morgan fingerprint density at radius 3 is 2.63 bits per heavy atom. The van der Waals surface area contributed by atoms with Gasteiger partial charge in [-0.2, -0.15) is 4.73 Å². The van der Waals surface area contributed by atoms with Crippen LogP contribution in [0.2, 0.25) is 0 Å². The quantitative estimate of drug-likeness (QED) is 0.0650. The number of amides is 1. The van der Waals surface area contributed by atoms with Crippen LogP contribution in [0.4, 0.5) is 4.39 Å². The highest BCUT2D eigenvalue weighted by Gasteiger charge is 2.32. The van der Waals surface area contributed by atoms with Crippen molar-refractivity contribution in [2.75, 3.05) is 33.3 Å². The van der Waals surface area contributed by atoms with E-state index in [1.165, 1.54) is 31.5 Å². The number of guanidine groups is 1. The largest absolute Gasteiger partial charge is 0.618 e. The number of hydrogen-bond acceptors (Lipinski definition) is 7. The lowest BCUT2D eigenvalue weighted by Crippen LogP contribution is -2.41. The Morgan fingerprint density at radius 2 is 1.98 bits per heavy atom. The average molecular weight is 570 g/mol. The number of hydrogen-bond donors (Lipinski definition) is 5. The summed E-state index contributed by atoms with van der Waals surface area (Å²) >= 11 is 0. The van der Waals surface area contributed by atoms with Crippen molar-refractivity contribution in [3.8, 4) is 17.0 Å². The van der Waals surface area contributed by atoms with Crippen LogP contribution < -0.4 is 37.0 Å². The average Bonchev–Trinajstić information content (AvgIpc) is 3.77. The summed E-state index contributed by atoms with van der Waals surface area (Å²) < 4.78 is 23.0. The van der Waals surface area contributed by atoms with Crippen molar-refractivity contribution in [1.82, 2.24) is 15.2 Å². The Morgan fingerprint density at radius 1 is 1.24 bits per heavy atom. The molecule has 7 N–H and O–H groups in total. The molecular weight excluding hydrogens is 537 g/mol. The molecule has 1 aromatic carbocycles. The fourth-order valence-corrected chi connectivity index (χ4v) is 4.58. The highest BCUT2D eigenvalue weighted by Crippen LogP contribution is 2.43. The molecule has 2 heterocycles. The topological polar surface area (TPSA) is 201 Å². The second kappa shape index (κ2) is 12.6. The van der Waals surface area contributed by atoms with Crippen molar-refractivity contribution in [2.45, 2.75) is 31.7 Å². The van der Waals surface area contributed by atoms with Gasteiger partial charge in [-0.25, -0.2) is 9.18 Å². The molecular formula is C27H32FN7O6. The van der Waals surface area contributed by atoms with Gasteiger partial charge in [-0.1, -0.05) is 0 Å². The highest BCUT2D eigenvalue weighted by atomic mass is 19.1. The Balaban J connectivity index is 1.59. The van der Waals surface area contributed by atoms with E-state index in [9.17, 15) is 24.7 Å². The van der Waals surface area contributed by atoms with Gasteiger partial charge in [-0.3, -0.25) is 14.6 Å². The number of aliphatic imine (C=N–C) groups is 1. The van der Waals surface area contributed by atoms with E-state index in [1.54, 1.807) is 4.57 Å². The number of fused-ring (bicyclic) bond motifs is 1. The minimum Gasteiger partial charge on any atom is -0.618 e. The van der Waals surface area contributed by atoms with Gasteiger partial charge in [0.2, 0.25) is 11.1 Å². The summed E-state index contributed by atoms with van der Waals surface area (Å²) in [6, 6.07) is 4.92. The fraction of sp³-hybridized carbons (Fsp3) is 0.370. The summed E-state index contributed by atoms with van der Waals surface area (Å²) in [5.74, 6) is -3.10. The van der Waals surface area contributed by atoms with E-state index in [4.69, 9.17) is 16.2 Å². The van der Waals surface area contributed by atoms with Crippen LogP contribution in [0.3, 0.4) is 0 Å². The molecule has 41 heavy (non-hydrogen) atoms. The van der Waals surface area contributed by atoms with Gasteiger partial charge in [0, 0.05) is 37.5 Å². The van der Waals surface area contributed by atoms with E-state index in [2.05, 4.69) is 15.6 Å². The van der Waals surface area contributed by atoms with Crippen molar-refractivity contribution in [3.63, 3.8) is 0 Å². The second-order valence-electron chi connectivity index (χ2n) is 9.59. The molecule has 1 fully saturated rings. The van der Waals surface area contributed by atoms with Crippen LogP contribution in [0.25, 0.3) is 22.2 Å². The van der Waals surface area contributed by atoms with Crippen molar-refractivity contribution in [2.24, 2.45) is 16.5 Å². The molecule has 1 aliphatic carbocycles. The molecule has 218 valence electrons. The Kier molecular flexibility index (Phi) is 9.02. The van der Waals surface area contributed by atoms with Crippen LogP contribution in [0.1, 0.15) is 52.6 Å². The van der Waals surface area contributed by atoms with Gasteiger partial charge in [0.15, 0.2) is 11.7 Å². The van der Waals surface area contributed by atoms with Crippen LogP contribution in [0, 0.1) is 11.0 Å². The number of aromatic nitrogens is 2. The number of pyridine rings is 2. The van der Waals surface area contributed by atoms with Gasteiger partial charge in [-0.15, -0.1) is 0 Å². The van der Waals surface area contributed by atoms with E-state index in [1.807, 2.05) is 0 Å². The second-order valence-corrected chi connectivity index (χ2v) is 9.59. The number of nitrogens with two attached hydrogens (primary N) is 2. The number of halogens is 1. The lowest BCUT2D eigenvalue weighted by Gasteiger charge is -2.18. The van der Waals surface area contributed by atoms with Crippen LogP contribution in [-0.2, 0) is 0 Å². The molecule has 0 spiro atoms. The van der Waals surface area contributed by atoms with Gasteiger partial charge >= 0.3 is 11.9 Å². The summed E-state index contributed by atoms with van der Waals surface area (Å²) in [5, 5.41) is 28.6. The van der Waals surface area contributed by atoms with Crippen LogP contribution in [0.5, 0.6) is 5.75 Å². The van der Waals surface area contributed by atoms with Gasteiger partial charge < -0.3 is 41.7 Å². The number of carbonyl (C=O) groups is 2. The van der Waals surface area contributed by atoms with Gasteiger partial charge in [0.25, 0.3) is 5.69 Å². The number of carboxylic acids is 1. The molecule has 0 bridgehead atoms. The molecule has 0 atom stereocenters. The molecule has 0 aliphatic heterocycles. The smallest absolute Gasteiger partial charge is 0.341 e. The zero-order valence-corrected chi connectivity index (χ0v) is 22.5. The number of nitrogens with one attached hydrogen (secondary N) is 2. The van der Waals surface area contributed by atoms with Gasteiger partial charge in [0.1, 0.15) is 16.9 Å². The third-order valence-corrected chi connectivity index (χ3v) is 6.65. The molecule has 0 radical (unpaired) electrons. The molecule has 14 heteroatoms. The number of aromatic carboxylic acids is 1. The maximum Gasteiger partial charge on any atom is 0.341 e. The van der Waals surface area contributed by atoms with Gasteiger partial charge in [-0.05, 0) is 50.9 Å². The predicted molar refractivity (Wildman–Crippen MR) is 149 cm³/mol. The van der Waals surface area contributed by atoms with Crippen molar-refractivity contribution in [1.29, 1.82) is 0 Å². The molecule has 4 rings (SSSR count). The van der Waals surface area contributed by atoms with E-state index >= 15 is 4.39 Å². The highest BCUT2D eigenvalue weighted by molar-refractivity contribution is 5.97. The predicted octanol–water partition coefficient (Wildman–Crippen LogP) is 0.856. The summed E-state index contributed by atoms with van der Waals surface area (Å²) in [5.41, 5.74) is 8.68. The number of benzene rings is 1. The minimum absolute atomic E-state index is 0.0435. The van der Waals surface area contributed by atoms with Crippen LogP contribution in [0.15, 0.2) is 40.2 Å². The van der Waals surface area contributed by atoms with Crippen LogP contribution >= 0.6 is 0 Å². The van der Waals surface area contributed by atoms with E-state index in [-0.39, 0.29) is 52.1 Å². The number of rotatable bonds is 13. The SMILES string of the molecule is COc1c(-c2cccc(C(=O)NCCCNCCCN=C(N)N)[n+]2[O-])c(F)cc2c(=O)c(C(=O)O)cn(C3CC3)c12. The molecule has 2 aromatic heterocycles. The summed E-state index contributed by atoms with van der Waals surface area (Å²) in [6.07, 6.45) is 4.04. The molecule has 0 saturated heterocycles. The number of carboxylic acid groups (broad SMARTS) is 1. The number of nitrogens with zero attached hydrogens (tertiary/aromatic N) is 3. The maximum atomic E-state index is 15.6. The first-order valence-corrected chi connectivity index (χ1v) is 13.1. The van der Waals surface area contributed by atoms with Crippen molar-refractivity contribution in [3.05, 3.63) is 63.0 Å². The standard InChI is InChI=1S/C27H32FN7O6/c1-41-24-21(18(28)13-16-22(24)34(15-7-8-15)14-17(23(16)36)26(38)39)19-5-2-6-20(35(19)40)25(37)32-11-3-9-31-10-4-12-33-27(29)30/h2,5-6,13-15,31H,3-4,7-12H2,1H3,(H,32,37)(H,38,39)(H4,29,30,33). The third-order valence-electron chi connectivity index (χ3n) is 6.65. The van der Waals surface area contributed by atoms with E-state index in [0.29, 0.717) is 30.8 Å². The summed E-state index contributed by atoms with van der Waals surface area (Å²) in [7, 11) is 1.27. The third kappa shape index (κ3) is 6.38. The number of ether oxygens (including phenoxy) is 1.